The molecular weight excluding hydrogens is 230 g/mol. The summed E-state index contributed by atoms with van der Waals surface area (Å²) in [5.74, 6) is 0.200. The molecule has 6 nitrogen and oxygen atoms in total. The average Bonchev–Trinajstić information content (AvgIpc) is 2.60. The van der Waals surface area contributed by atoms with Crippen LogP contribution in [0, 0.1) is 6.92 Å². The van der Waals surface area contributed by atoms with Gasteiger partial charge in [0.1, 0.15) is 0 Å². The molecule has 0 bridgehead atoms. The van der Waals surface area contributed by atoms with E-state index in [1.165, 1.54) is 4.31 Å². The molecule has 0 atom stereocenters. The van der Waals surface area contributed by atoms with E-state index in [1.807, 2.05) is 0 Å². The molecule has 7 heteroatoms. The van der Waals surface area contributed by atoms with E-state index >= 15 is 0 Å². The second-order valence-corrected chi connectivity index (χ2v) is 5.79. The Bertz CT molecular complexity index is 455. The molecule has 1 aliphatic heterocycles. The van der Waals surface area contributed by atoms with Crippen LogP contribution in [0.5, 0.6) is 0 Å². The molecule has 2 rings (SSSR count). The zero-order valence-corrected chi connectivity index (χ0v) is 9.96. The summed E-state index contributed by atoms with van der Waals surface area (Å²) in [7, 11) is -3.53. The van der Waals surface area contributed by atoms with E-state index in [0.29, 0.717) is 13.1 Å². The van der Waals surface area contributed by atoms with Gasteiger partial charge in [0.05, 0.1) is 0 Å². The van der Waals surface area contributed by atoms with Crippen LogP contribution in [0.2, 0.25) is 0 Å². The van der Waals surface area contributed by atoms with E-state index in [4.69, 9.17) is 10.3 Å². The fourth-order valence-electron chi connectivity index (χ4n) is 1.93. The quantitative estimate of drug-likeness (QED) is 0.830. The van der Waals surface area contributed by atoms with Crippen molar-refractivity contribution in [3.05, 3.63) is 5.76 Å². The lowest BCUT2D eigenvalue weighted by Crippen LogP contribution is -2.36. The lowest BCUT2D eigenvalue weighted by atomic mass is 10.2. The number of aryl methyl sites for hydroxylation is 1. The second-order valence-electron chi connectivity index (χ2n) is 3.92. The minimum atomic E-state index is -3.53. The number of sulfonamides is 1. The Morgan fingerprint density at radius 2 is 1.94 bits per heavy atom. The Kier molecular flexibility index (Phi) is 2.90. The molecule has 0 unspecified atom stereocenters. The summed E-state index contributed by atoms with van der Waals surface area (Å²) in [6.45, 7) is 2.65. The average molecular weight is 245 g/mol. The third kappa shape index (κ3) is 1.80. The van der Waals surface area contributed by atoms with Crippen molar-refractivity contribution < 1.29 is 12.9 Å². The van der Waals surface area contributed by atoms with Crippen molar-refractivity contribution >= 4 is 15.8 Å². The molecule has 1 aromatic rings. The van der Waals surface area contributed by atoms with Gasteiger partial charge in [0.25, 0.3) is 0 Å². The first-order valence-corrected chi connectivity index (χ1v) is 6.69. The van der Waals surface area contributed by atoms with Gasteiger partial charge < -0.3 is 10.3 Å². The fourth-order valence-corrected chi connectivity index (χ4v) is 3.63. The summed E-state index contributed by atoms with van der Waals surface area (Å²) < 4.78 is 30.7. The largest absolute Gasteiger partial charge is 0.380 e. The van der Waals surface area contributed by atoms with E-state index in [1.54, 1.807) is 6.92 Å². The number of hydrogen-bond acceptors (Lipinski definition) is 5. The fraction of sp³-hybridized carbons (Fsp3) is 0.667. The van der Waals surface area contributed by atoms with Crippen LogP contribution in [0.1, 0.15) is 25.0 Å². The number of piperidine rings is 1. The van der Waals surface area contributed by atoms with Crippen LogP contribution in [-0.4, -0.2) is 31.0 Å². The van der Waals surface area contributed by atoms with Crippen LogP contribution >= 0.6 is 0 Å². The summed E-state index contributed by atoms with van der Waals surface area (Å²) in [6, 6.07) is 0. The minimum Gasteiger partial charge on any atom is -0.380 e. The SMILES string of the molecule is Cc1onc(N)c1S(=O)(=O)N1CCCCC1. The summed E-state index contributed by atoms with van der Waals surface area (Å²) >= 11 is 0. The standard InChI is InChI=1S/C9H15N3O3S/c1-7-8(9(10)11-15-7)16(13,14)12-5-3-2-4-6-12/h2-6H2,1H3,(H2,10,11). The Balaban J connectivity index is 2.38. The number of nitrogen functional groups attached to an aromatic ring is 1. The molecule has 16 heavy (non-hydrogen) atoms. The molecule has 0 aliphatic carbocycles. The number of nitrogens with zero attached hydrogens (tertiary/aromatic N) is 2. The minimum absolute atomic E-state index is 0.0226. The lowest BCUT2D eigenvalue weighted by molar-refractivity contribution is 0.345. The molecule has 1 aromatic heterocycles. The van der Waals surface area contributed by atoms with Gasteiger partial charge in [-0.2, -0.15) is 4.31 Å². The predicted octanol–water partition coefficient (Wildman–Crippen LogP) is 0.740. The van der Waals surface area contributed by atoms with Crippen molar-refractivity contribution in [1.82, 2.24) is 9.46 Å². The van der Waals surface area contributed by atoms with Gasteiger partial charge in [0.15, 0.2) is 16.5 Å². The summed E-state index contributed by atoms with van der Waals surface area (Å²) in [5.41, 5.74) is 5.52. The molecule has 90 valence electrons. The third-order valence-electron chi connectivity index (χ3n) is 2.75. The van der Waals surface area contributed by atoms with Gasteiger partial charge in [-0.05, 0) is 19.8 Å². The lowest BCUT2D eigenvalue weighted by Gasteiger charge is -2.25. The van der Waals surface area contributed by atoms with Crippen molar-refractivity contribution in [3.8, 4) is 0 Å². The molecule has 0 aromatic carbocycles. The van der Waals surface area contributed by atoms with Crippen LogP contribution in [0.15, 0.2) is 9.42 Å². The van der Waals surface area contributed by atoms with E-state index < -0.39 is 10.0 Å². The first-order valence-electron chi connectivity index (χ1n) is 5.25. The highest BCUT2D eigenvalue weighted by Crippen LogP contribution is 2.27. The van der Waals surface area contributed by atoms with Crippen LogP contribution in [0.25, 0.3) is 0 Å². The number of rotatable bonds is 2. The Morgan fingerprint density at radius 1 is 1.31 bits per heavy atom. The number of nitrogens with two attached hydrogens (primary N) is 1. The normalized spacial score (nSPS) is 18.8. The Hall–Kier alpha value is -1.08. The van der Waals surface area contributed by atoms with Crippen LogP contribution in [-0.2, 0) is 10.0 Å². The van der Waals surface area contributed by atoms with E-state index in [9.17, 15) is 8.42 Å². The summed E-state index contributed by atoms with van der Waals surface area (Å²) in [5, 5.41) is 3.47. The topological polar surface area (TPSA) is 89.4 Å². The van der Waals surface area contributed by atoms with Crippen molar-refractivity contribution in [2.45, 2.75) is 31.1 Å². The molecule has 1 saturated heterocycles. The van der Waals surface area contributed by atoms with Crippen molar-refractivity contribution in [3.63, 3.8) is 0 Å². The van der Waals surface area contributed by atoms with Gasteiger partial charge in [-0.1, -0.05) is 11.6 Å². The number of anilines is 1. The van der Waals surface area contributed by atoms with E-state index in [0.717, 1.165) is 19.3 Å². The van der Waals surface area contributed by atoms with Gasteiger partial charge in [-0.15, -0.1) is 0 Å². The molecule has 1 aliphatic rings. The maximum absolute atomic E-state index is 12.2. The smallest absolute Gasteiger partial charge is 0.250 e. The highest BCUT2D eigenvalue weighted by molar-refractivity contribution is 7.89. The predicted molar refractivity (Wildman–Crippen MR) is 58.3 cm³/mol. The number of hydrogen-bond donors (Lipinski definition) is 1. The highest BCUT2D eigenvalue weighted by Gasteiger charge is 2.32. The molecule has 0 spiro atoms. The Morgan fingerprint density at radius 3 is 2.44 bits per heavy atom. The van der Waals surface area contributed by atoms with Crippen LogP contribution in [0.4, 0.5) is 5.82 Å². The number of aromatic nitrogens is 1. The zero-order valence-electron chi connectivity index (χ0n) is 9.14. The molecule has 2 N–H and O–H groups in total. The second kappa shape index (κ2) is 4.06. The van der Waals surface area contributed by atoms with E-state index in [2.05, 4.69) is 5.16 Å². The summed E-state index contributed by atoms with van der Waals surface area (Å²) in [4.78, 5) is 0.0226. The van der Waals surface area contributed by atoms with Crippen molar-refractivity contribution in [2.75, 3.05) is 18.8 Å². The van der Waals surface area contributed by atoms with Gasteiger partial charge in [-0.25, -0.2) is 8.42 Å². The van der Waals surface area contributed by atoms with Crippen molar-refractivity contribution in [1.29, 1.82) is 0 Å². The summed E-state index contributed by atoms with van der Waals surface area (Å²) in [6.07, 6.45) is 2.86. The molecular formula is C9H15N3O3S. The van der Waals surface area contributed by atoms with Gasteiger partial charge in [-0.3, -0.25) is 0 Å². The molecule has 0 radical (unpaired) electrons. The molecule has 0 amide bonds. The zero-order chi connectivity index (χ0) is 11.8. The molecule has 2 heterocycles. The molecule has 0 saturated carbocycles. The third-order valence-corrected chi connectivity index (χ3v) is 4.80. The van der Waals surface area contributed by atoms with Crippen LogP contribution < -0.4 is 5.73 Å². The monoisotopic (exact) mass is 245 g/mol. The first-order chi connectivity index (χ1) is 7.53. The van der Waals surface area contributed by atoms with E-state index in [-0.39, 0.29) is 16.5 Å². The van der Waals surface area contributed by atoms with Crippen LogP contribution in [0.3, 0.4) is 0 Å². The first kappa shape index (κ1) is 11.4. The maximum atomic E-state index is 12.2. The van der Waals surface area contributed by atoms with Crippen molar-refractivity contribution in [2.24, 2.45) is 0 Å². The highest BCUT2D eigenvalue weighted by atomic mass is 32.2. The molecule has 1 fully saturated rings. The van der Waals surface area contributed by atoms with Gasteiger partial charge in [0.2, 0.25) is 10.0 Å². The van der Waals surface area contributed by atoms with Gasteiger partial charge >= 0.3 is 0 Å². The maximum Gasteiger partial charge on any atom is 0.250 e. The Labute approximate surface area is 94.4 Å². The van der Waals surface area contributed by atoms with Gasteiger partial charge in [0, 0.05) is 13.1 Å².